The molecule has 28 heavy (non-hydrogen) atoms. The summed E-state index contributed by atoms with van der Waals surface area (Å²) in [5.74, 6) is 0.103. The third-order valence-electron chi connectivity index (χ3n) is 4.61. The third kappa shape index (κ3) is 4.28. The van der Waals surface area contributed by atoms with Crippen LogP contribution in [0.4, 0.5) is 5.69 Å². The Bertz CT molecular complexity index is 1060. The molecule has 146 valence electrons. The predicted molar refractivity (Wildman–Crippen MR) is 116 cm³/mol. The van der Waals surface area contributed by atoms with Gasteiger partial charge in [-0.15, -0.1) is 0 Å². The van der Waals surface area contributed by atoms with Crippen molar-refractivity contribution in [3.05, 3.63) is 63.9 Å². The Kier molecular flexibility index (Phi) is 6.52. The fraction of sp³-hybridized carbons (Fsp3) is 0.318. The lowest BCUT2D eigenvalue weighted by atomic mass is 10.1. The number of fused-ring (bicyclic) bond motifs is 1. The lowest BCUT2D eigenvalue weighted by molar-refractivity contribution is -0.113. The summed E-state index contributed by atoms with van der Waals surface area (Å²) in [6, 6.07) is 13.4. The van der Waals surface area contributed by atoms with E-state index in [9.17, 15) is 9.59 Å². The fourth-order valence-electron chi connectivity index (χ4n) is 3.19. The van der Waals surface area contributed by atoms with Crippen molar-refractivity contribution in [2.24, 2.45) is 0 Å². The molecule has 3 aromatic rings. The van der Waals surface area contributed by atoms with Crippen LogP contribution in [0.2, 0.25) is 0 Å². The zero-order valence-corrected chi connectivity index (χ0v) is 17.3. The number of anilines is 1. The van der Waals surface area contributed by atoms with Gasteiger partial charge in [-0.1, -0.05) is 55.9 Å². The number of amides is 1. The second kappa shape index (κ2) is 9.06. The molecule has 3 rings (SSSR count). The van der Waals surface area contributed by atoms with Crippen LogP contribution in [-0.4, -0.2) is 21.2 Å². The molecule has 0 saturated heterocycles. The molecule has 6 heteroatoms. The highest BCUT2D eigenvalue weighted by Gasteiger charge is 2.14. The van der Waals surface area contributed by atoms with Gasteiger partial charge in [0.2, 0.25) is 5.91 Å². The van der Waals surface area contributed by atoms with Crippen LogP contribution < -0.4 is 10.9 Å². The normalized spacial score (nSPS) is 11.0. The first-order valence-corrected chi connectivity index (χ1v) is 10.5. The molecule has 5 nitrogen and oxygen atoms in total. The average molecular weight is 396 g/mol. The van der Waals surface area contributed by atoms with Gasteiger partial charge in [0.15, 0.2) is 5.16 Å². The minimum absolute atomic E-state index is 0.0532. The van der Waals surface area contributed by atoms with Crippen molar-refractivity contribution in [3.63, 3.8) is 0 Å². The molecule has 1 aromatic heterocycles. The minimum atomic E-state index is -0.0977. The maximum atomic E-state index is 12.8. The first kappa shape index (κ1) is 20.1. The van der Waals surface area contributed by atoms with Crippen LogP contribution in [0, 0.1) is 6.92 Å². The molecule has 1 amide bonds. The summed E-state index contributed by atoms with van der Waals surface area (Å²) in [4.78, 5) is 30.0. The number of carbonyl (C=O) groups is 1. The second-order valence-corrected chi connectivity index (χ2v) is 7.61. The van der Waals surface area contributed by atoms with Crippen molar-refractivity contribution in [1.82, 2.24) is 9.55 Å². The number of thioether (sulfide) groups is 1. The van der Waals surface area contributed by atoms with E-state index in [1.54, 1.807) is 10.6 Å². The highest BCUT2D eigenvalue weighted by molar-refractivity contribution is 7.99. The quantitative estimate of drug-likeness (QED) is 0.475. The Hall–Kier alpha value is -2.60. The van der Waals surface area contributed by atoms with Gasteiger partial charge in [0.05, 0.1) is 16.7 Å². The summed E-state index contributed by atoms with van der Waals surface area (Å²) in [6.45, 7) is 6.67. The number of carbonyl (C=O) groups excluding carboxylic acids is 1. The molecule has 0 bridgehead atoms. The number of rotatable bonds is 7. The number of nitrogens with zero attached hydrogens (tertiary/aromatic N) is 2. The van der Waals surface area contributed by atoms with Gasteiger partial charge in [-0.05, 0) is 43.0 Å². The van der Waals surface area contributed by atoms with E-state index in [0.29, 0.717) is 22.6 Å². The van der Waals surface area contributed by atoms with Crippen LogP contribution in [0.15, 0.2) is 52.4 Å². The van der Waals surface area contributed by atoms with E-state index in [1.165, 1.54) is 11.8 Å². The first-order chi connectivity index (χ1) is 13.5. The van der Waals surface area contributed by atoms with Crippen molar-refractivity contribution in [1.29, 1.82) is 0 Å². The third-order valence-corrected chi connectivity index (χ3v) is 5.59. The second-order valence-electron chi connectivity index (χ2n) is 6.67. The Morgan fingerprint density at radius 3 is 2.68 bits per heavy atom. The van der Waals surface area contributed by atoms with Gasteiger partial charge in [0.1, 0.15) is 0 Å². The molecular weight excluding hydrogens is 370 g/mol. The van der Waals surface area contributed by atoms with Crippen LogP contribution in [0.1, 0.15) is 31.4 Å². The summed E-state index contributed by atoms with van der Waals surface area (Å²) in [5, 5.41) is 4.22. The topological polar surface area (TPSA) is 64.0 Å². The Balaban J connectivity index is 1.82. The Labute approximate surface area is 169 Å². The van der Waals surface area contributed by atoms with Gasteiger partial charge in [0, 0.05) is 12.2 Å². The van der Waals surface area contributed by atoms with Gasteiger partial charge < -0.3 is 5.32 Å². The summed E-state index contributed by atoms with van der Waals surface area (Å²) < 4.78 is 1.67. The van der Waals surface area contributed by atoms with Crippen LogP contribution >= 0.6 is 11.8 Å². The van der Waals surface area contributed by atoms with Crippen molar-refractivity contribution in [2.75, 3.05) is 11.1 Å². The smallest absolute Gasteiger partial charge is 0.262 e. The van der Waals surface area contributed by atoms with Crippen molar-refractivity contribution >= 4 is 34.3 Å². The van der Waals surface area contributed by atoms with E-state index in [2.05, 4.69) is 17.2 Å². The van der Waals surface area contributed by atoms with Crippen LogP contribution in [0.5, 0.6) is 0 Å². The summed E-state index contributed by atoms with van der Waals surface area (Å²) in [5.41, 5.74) is 3.65. The molecule has 0 spiro atoms. The molecule has 0 radical (unpaired) electrons. The Morgan fingerprint density at radius 1 is 1.14 bits per heavy atom. The number of para-hydroxylation sites is 2. The van der Waals surface area contributed by atoms with Crippen LogP contribution in [-0.2, 0) is 17.8 Å². The number of aryl methyl sites for hydroxylation is 2. The molecule has 2 aromatic carbocycles. The molecule has 0 unspecified atom stereocenters. The number of hydrogen-bond donors (Lipinski definition) is 1. The maximum absolute atomic E-state index is 12.8. The molecule has 0 aliphatic carbocycles. The van der Waals surface area contributed by atoms with Crippen molar-refractivity contribution < 1.29 is 4.79 Å². The summed E-state index contributed by atoms with van der Waals surface area (Å²) in [7, 11) is 0. The maximum Gasteiger partial charge on any atom is 0.262 e. The molecule has 1 N–H and O–H groups in total. The average Bonchev–Trinajstić information content (AvgIpc) is 2.70. The van der Waals surface area contributed by atoms with E-state index >= 15 is 0 Å². The molecule has 0 fully saturated rings. The monoisotopic (exact) mass is 395 g/mol. The number of hydrogen-bond acceptors (Lipinski definition) is 4. The van der Waals surface area contributed by atoms with Gasteiger partial charge >= 0.3 is 0 Å². The van der Waals surface area contributed by atoms with Crippen LogP contribution in [0.25, 0.3) is 10.9 Å². The summed E-state index contributed by atoms with van der Waals surface area (Å²) >= 11 is 1.30. The molecule has 0 aliphatic heterocycles. The van der Waals surface area contributed by atoms with Gasteiger partial charge in [-0.2, -0.15) is 0 Å². The molecule has 0 aliphatic rings. The largest absolute Gasteiger partial charge is 0.325 e. The van der Waals surface area contributed by atoms with Crippen molar-refractivity contribution in [3.8, 4) is 0 Å². The van der Waals surface area contributed by atoms with E-state index in [-0.39, 0.29) is 17.2 Å². The molecule has 1 heterocycles. The number of benzene rings is 2. The first-order valence-electron chi connectivity index (χ1n) is 9.55. The number of aromatic nitrogens is 2. The number of nitrogens with one attached hydrogen (secondary N) is 1. The lowest BCUT2D eigenvalue weighted by Gasteiger charge is -2.14. The molecule has 0 saturated carbocycles. The zero-order valence-electron chi connectivity index (χ0n) is 16.5. The lowest BCUT2D eigenvalue weighted by Crippen LogP contribution is -2.24. The molecular formula is C22H25N3O2S. The van der Waals surface area contributed by atoms with E-state index in [1.807, 2.05) is 50.2 Å². The Morgan fingerprint density at radius 2 is 1.93 bits per heavy atom. The summed E-state index contributed by atoms with van der Waals surface area (Å²) in [6.07, 6.45) is 1.68. The molecule has 0 atom stereocenters. The van der Waals surface area contributed by atoms with E-state index < -0.39 is 0 Å². The van der Waals surface area contributed by atoms with Gasteiger partial charge in [-0.25, -0.2) is 4.98 Å². The SMILES string of the molecule is CCCn1c(SCC(=O)Nc2c(C)cccc2CC)nc2ccccc2c1=O. The minimum Gasteiger partial charge on any atom is -0.325 e. The van der Waals surface area contributed by atoms with Crippen LogP contribution in [0.3, 0.4) is 0 Å². The fourth-order valence-corrected chi connectivity index (χ4v) is 4.01. The highest BCUT2D eigenvalue weighted by atomic mass is 32.2. The van der Waals surface area contributed by atoms with E-state index in [4.69, 9.17) is 0 Å². The van der Waals surface area contributed by atoms with Crippen molar-refractivity contribution in [2.45, 2.75) is 45.3 Å². The van der Waals surface area contributed by atoms with E-state index in [0.717, 1.165) is 29.7 Å². The predicted octanol–water partition coefficient (Wildman–Crippen LogP) is 4.41. The standard InChI is InChI=1S/C22H25N3O2S/c1-4-13-25-21(27)17-11-6-7-12-18(17)23-22(25)28-14-19(26)24-20-15(3)9-8-10-16(20)5-2/h6-12H,4-5,13-14H2,1-3H3,(H,24,26). The van der Waals surface area contributed by atoms with Gasteiger partial charge in [0.25, 0.3) is 5.56 Å². The zero-order chi connectivity index (χ0) is 20.1. The highest BCUT2D eigenvalue weighted by Crippen LogP contribution is 2.23. The van der Waals surface area contributed by atoms with Gasteiger partial charge in [-0.3, -0.25) is 14.2 Å².